The molecular formula is C23H41O5P. The lowest BCUT2D eigenvalue weighted by Crippen LogP contribution is -2.06. The second kappa shape index (κ2) is 15.6. The summed E-state index contributed by atoms with van der Waals surface area (Å²) in [6, 6.07) is 5.34. The van der Waals surface area contributed by atoms with Crippen LogP contribution in [0.25, 0.3) is 0 Å². The van der Waals surface area contributed by atoms with Crippen LogP contribution in [0.3, 0.4) is 0 Å². The molecule has 0 heterocycles. The Kier molecular flexibility index (Phi) is 13.9. The fraction of sp³-hybridized carbons (Fsp3) is 0.739. The first-order valence-electron chi connectivity index (χ1n) is 11.2. The minimum absolute atomic E-state index is 0.351. The first kappa shape index (κ1) is 25.8. The van der Waals surface area contributed by atoms with Gasteiger partial charge in [-0.05, 0) is 25.0 Å². The Morgan fingerprint density at radius 1 is 0.759 bits per heavy atom. The van der Waals surface area contributed by atoms with Crippen LogP contribution in [0.1, 0.15) is 84.5 Å². The first-order valence-corrected chi connectivity index (χ1v) is 13.0. The van der Waals surface area contributed by atoms with Crippen molar-refractivity contribution in [2.24, 2.45) is 0 Å². The second-order valence-electron chi connectivity index (χ2n) is 7.43. The Hall–Kier alpha value is -1.19. The van der Waals surface area contributed by atoms with Crippen LogP contribution in [0, 0.1) is 0 Å². The van der Waals surface area contributed by atoms with Crippen molar-refractivity contribution in [1.82, 2.24) is 0 Å². The lowest BCUT2D eigenvalue weighted by Gasteiger charge is -2.22. The minimum Gasteiger partial charge on any atom is -0.493 e. The van der Waals surface area contributed by atoms with E-state index in [1.54, 1.807) is 26.4 Å². The molecule has 0 saturated heterocycles. The van der Waals surface area contributed by atoms with Crippen LogP contribution in [0.15, 0.2) is 18.2 Å². The standard InChI is InChI=1S/C23H41O5P/c1-5-7-9-10-11-12-13-14-15-19-27-29(24,20-8-6-2)28-23-21(25-3)17-16-18-22(23)26-4/h16-18H,5-15,19-20H2,1-4H3. The fourth-order valence-corrected chi connectivity index (χ4v) is 4.99. The molecule has 0 amide bonds. The Bertz CT molecular complexity index is 568. The number of benzene rings is 1. The summed E-state index contributed by atoms with van der Waals surface area (Å²) in [5, 5.41) is 0. The molecule has 1 rings (SSSR count). The number of rotatable bonds is 18. The molecule has 0 bridgehead atoms. The van der Waals surface area contributed by atoms with Gasteiger partial charge in [0.1, 0.15) is 0 Å². The van der Waals surface area contributed by atoms with Gasteiger partial charge in [0.15, 0.2) is 11.5 Å². The Morgan fingerprint density at radius 3 is 1.79 bits per heavy atom. The number of methoxy groups -OCH3 is 2. The van der Waals surface area contributed by atoms with E-state index in [4.69, 9.17) is 18.5 Å². The summed E-state index contributed by atoms with van der Waals surface area (Å²) in [4.78, 5) is 0. The molecule has 1 aromatic rings. The maximum atomic E-state index is 13.4. The van der Waals surface area contributed by atoms with E-state index in [1.807, 2.05) is 6.07 Å². The predicted molar refractivity (Wildman–Crippen MR) is 121 cm³/mol. The highest BCUT2D eigenvalue weighted by Gasteiger charge is 2.28. The van der Waals surface area contributed by atoms with E-state index < -0.39 is 7.60 Å². The van der Waals surface area contributed by atoms with Gasteiger partial charge in [0, 0.05) is 0 Å². The third-order valence-corrected chi connectivity index (χ3v) is 6.84. The highest BCUT2D eigenvalue weighted by atomic mass is 31.2. The van der Waals surface area contributed by atoms with Gasteiger partial charge >= 0.3 is 7.60 Å². The van der Waals surface area contributed by atoms with Gasteiger partial charge in [-0.2, -0.15) is 0 Å². The Labute approximate surface area is 178 Å². The van der Waals surface area contributed by atoms with Crippen molar-refractivity contribution >= 4 is 7.60 Å². The van der Waals surface area contributed by atoms with Gasteiger partial charge < -0.3 is 14.0 Å². The van der Waals surface area contributed by atoms with E-state index >= 15 is 0 Å². The summed E-state index contributed by atoms with van der Waals surface area (Å²) in [5.41, 5.74) is 0. The van der Waals surface area contributed by atoms with Crippen molar-refractivity contribution < 1.29 is 23.1 Å². The van der Waals surface area contributed by atoms with Crippen molar-refractivity contribution in [1.29, 1.82) is 0 Å². The minimum atomic E-state index is -3.27. The molecule has 0 radical (unpaired) electrons. The SMILES string of the molecule is CCCCCCCCCCCOP(=O)(CCCC)Oc1c(OC)cccc1OC. The fourth-order valence-electron chi connectivity index (χ4n) is 3.15. The number of hydrogen-bond acceptors (Lipinski definition) is 5. The van der Waals surface area contributed by atoms with Gasteiger partial charge in [-0.3, -0.25) is 4.52 Å². The molecule has 1 aromatic carbocycles. The molecule has 0 saturated carbocycles. The zero-order chi connectivity index (χ0) is 21.4. The van der Waals surface area contributed by atoms with Gasteiger partial charge in [-0.25, -0.2) is 4.57 Å². The average Bonchev–Trinajstić information content (AvgIpc) is 2.74. The van der Waals surface area contributed by atoms with Crippen molar-refractivity contribution in [3.05, 3.63) is 18.2 Å². The van der Waals surface area contributed by atoms with Gasteiger partial charge in [0.25, 0.3) is 0 Å². The molecule has 29 heavy (non-hydrogen) atoms. The molecular weight excluding hydrogens is 387 g/mol. The molecule has 168 valence electrons. The van der Waals surface area contributed by atoms with Crippen LogP contribution in [0.4, 0.5) is 0 Å². The molecule has 0 spiro atoms. The second-order valence-corrected chi connectivity index (χ2v) is 9.54. The van der Waals surface area contributed by atoms with Crippen molar-refractivity contribution in [2.45, 2.75) is 84.5 Å². The number of para-hydroxylation sites is 1. The molecule has 0 aliphatic carbocycles. The van der Waals surface area contributed by atoms with Crippen LogP contribution >= 0.6 is 7.60 Å². The van der Waals surface area contributed by atoms with Crippen LogP contribution in [0.5, 0.6) is 17.2 Å². The summed E-state index contributed by atoms with van der Waals surface area (Å²) in [5.74, 6) is 1.34. The monoisotopic (exact) mass is 428 g/mol. The van der Waals surface area contributed by atoms with E-state index in [-0.39, 0.29) is 0 Å². The average molecular weight is 429 g/mol. The Balaban J connectivity index is 2.52. The number of unbranched alkanes of at least 4 members (excludes halogenated alkanes) is 9. The van der Waals surface area contributed by atoms with Gasteiger partial charge in [-0.1, -0.05) is 77.7 Å². The summed E-state index contributed by atoms with van der Waals surface area (Å²) in [7, 11) is -0.157. The maximum Gasteiger partial charge on any atom is 0.379 e. The largest absolute Gasteiger partial charge is 0.493 e. The van der Waals surface area contributed by atoms with Gasteiger partial charge in [0.2, 0.25) is 5.75 Å². The van der Waals surface area contributed by atoms with Crippen molar-refractivity contribution in [3.63, 3.8) is 0 Å². The van der Waals surface area contributed by atoms with E-state index in [0.717, 1.165) is 25.7 Å². The van der Waals surface area contributed by atoms with Crippen molar-refractivity contribution in [3.8, 4) is 17.2 Å². The Morgan fingerprint density at radius 2 is 1.28 bits per heavy atom. The molecule has 0 aromatic heterocycles. The molecule has 0 aliphatic rings. The van der Waals surface area contributed by atoms with Gasteiger partial charge in [-0.15, -0.1) is 0 Å². The summed E-state index contributed by atoms with van der Waals surface area (Å²) in [6.45, 7) is 4.76. The molecule has 5 nitrogen and oxygen atoms in total. The van der Waals surface area contributed by atoms with Crippen LogP contribution in [-0.2, 0) is 9.09 Å². The molecule has 1 atom stereocenters. The van der Waals surface area contributed by atoms with Crippen LogP contribution in [0.2, 0.25) is 0 Å². The topological polar surface area (TPSA) is 54.0 Å². The quantitative estimate of drug-likeness (QED) is 0.178. The lowest BCUT2D eigenvalue weighted by molar-refractivity contribution is 0.250. The number of ether oxygens (including phenoxy) is 2. The van der Waals surface area contributed by atoms with E-state index in [9.17, 15) is 4.57 Å². The lowest BCUT2D eigenvalue weighted by atomic mass is 10.1. The normalized spacial score (nSPS) is 13.1. The smallest absolute Gasteiger partial charge is 0.379 e. The van der Waals surface area contributed by atoms with Crippen LogP contribution in [-0.4, -0.2) is 27.0 Å². The molecule has 0 fully saturated rings. The van der Waals surface area contributed by atoms with Crippen molar-refractivity contribution in [2.75, 3.05) is 27.0 Å². The number of hydrogen-bond donors (Lipinski definition) is 0. The molecule has 0 N–H and O–H groups in total. The highest BCUT2D eigenvalue weighted by Crippen LogP contribution is 2.53. The predicted octanol–water partition coefficient (Wildman–Crippen LogP) is 7.62. The van der Waals surface area contributed by atoms with E-state index in [0.29, 0.717) is 30.0 Å². The van der Waals surface area contributed by atoms with E-state index in [2.05, 4.69) is 13.8 Å². The first-order chi connectivity index (χ1) is 14.1. The zero-order valence-electron chi connectivity index (χ0n) is 18.9. The highest BCUT2D eigenvalue weighted by molar-refractivity contribution is 7.54. The summed E-state index contributed by atoms with van der Waals surface area (Å²) in [6.07, 6.45) is 13.2. The molecule has 1 unspecified atom stereocenters. The van der Waals surface area contributed by atoms with Crippen LogP contribution < -0.4 is 14.0 Å². The zero-order valence-corrected chi connectivity index (χ0v) is 19.8. The maximum absolute atomic E-state index is 13.4. The van der Waals surface area contributed by atoms with E-state index in [1.165, 1.54) is 44.9 Å². The third kappa shape index (κ3) is 10.4. The summed E-state index contributed by atoms with van der Waals surface area (Å²) < 4.78 is 35.8. The summed E-state index contributed by atoms with van der Waals surface area (Å²) >= 11 is 0. The third-order valence-electron chi connectivity index (χ3n) is 4.93. The molecule has 0 aliphatic heterocycles. The molecule has 6 heteroatoms. The van der Waals surface area contributed by atoms with Gasteiger partial charge in [0.05, 0.1) is 27.0 Å².